The van der Waals surface area contributed by atoms with Gasteiger partial charge in [0.1, 0.15) is 0 Å². The highest BCUT2D eigenvalue weighted by atomic mass is 79.9. The topological polar surface area (TPSA) is 46.4 Å². The standard InChI is InChI=1S/C14H15BrN2O2S/c1-16(7-6-13-3-2-8-20-13)12-4-5-14(17(18)19)11(9-12)10-15/h2-5,8-9H,6-7,10H2,1H3. The summed E-state index contributed by atoms with van der Waals surface area (Å²) in [6.07, 6.45) is 0.981. The minimum Gasteiger partial charge on any atom is -0.374 e. The molecular formula is C14H15BrN2O2S. The number of nitro benzene ring substituents is 1. The fourth-order valence-corrected chi connectivity index (χ4v) is 3.10. The van der Waals surface area contributed by atoms with Crippen LogP contribution < -0.4 is 4.90 Å². The third-order valence-corrected chi connectivity index (χ3v) is 4.66. The molecule has 0 spiro atoms. The molecule has 0 N–H and O–H groups in total. The molecule has 1 aromatic heterocycles. The van der Waals surface area contributed by atoms with E-state index in [1.54, 1.807) is 23.5 Å². The van der Waals surface area contributed by atoms with Crippen molar-refractivity contribution in [1.29, 1.82) is 0 Å². The summed E-state index contributed by atoms with van der Waals surface area (Å²) in [7, 11) is 2.01. The van der Waals surface area contributed by atoms with Gasteiger partial charge in [0.05, 0.1) is 4.92 Å². The maximum atomic E-state index is 10.9. The molecule has 0 aliphatic heterocycles. The van der Waals surface area contributed by atoms with Gasteiger partial charge in [0, 0.05) is 41.1 Å². The van der Waals surface area contributed by atoms with Crippen LogP contribution in [-0.4, -0.2) is 18.5 Å². The van der Waals surface area contributed by atoms with E-state index in [1.807, 2.05) is 13.1 Å². The highest BCUT2D eigenvalue weighted by Crippen LogP contribution is 2.26. The van der Waals surface area contributed by atoms with Crippen LogP contribution in [-0.2, 0) is 11.8 Å². The van der Waals surface area contributed by atoms with E-state index in [2.05, 4.69) is 38.3 Å². The van der Waals surface area contributed by atoms with Crippen molar-refractivity contribution in [2.45, 2.75) is 11.8 Å². The molecule has 1 heterocycles. The number of alkyl halides is 1. The molecule has 2 rings (SSSR count). The van der Waals surface area contributed by atoms with Crippen LogP contribution in [0.5, 0.6) is 0 Å². The maximum absolute atomic E-state index is 10.9. The van der Waals surface area contributed by atoms with E-state index in [1.165, 1.54) is 4.88 Å². The van der Waals surface area contributed by atoms with E-state index >= 15 is 0 Å². The molecule has 20 heavy (non-hydrogen) atoms. The first-order chi connectivity index (χ1) is 9.61. The first kappa shape index (κ1) is 15.0. The number of likely N-dealkylation sites (N-methyl/N-ethyl adjacent to an activating group) is 1. The zero-order chi connectivity index (χ0) is 14.5. The lowest BCUT2D eigenvalue weighted by atomic mass is 10.1. The Morgan fingerprint density at radius 2 is 2.20 bits per heavy atom. The Labute approximate surface area is 130 Å². The summed E-state index contributed by atoms with van der Waals surface area (Å²) in [6, 6.07) is 9.43. The fraction of sp³-hybridized carbons (Fsp3) is 0.286. The fourth-order valence-electron chi connectivity index (χ4n) is 1.96. The molecule has 0 radical (unpaired) electrons. The van der Waals surface area contributed by atoms with Crippen molar-refractivity contribution < 1.29 is 4.92 Å². The van der Waals surface area contributed by atoms with Crippen LogP contribution in [0.2, 0.25) is 0 Å². The van der Waals surface area contributed by atoms with Gasteiger partial charge in [-0.15, -0.1) is 11.3 Å². The summed E-state index contributed by atoms with van der Waals surface area (Å²) in [5, 5.41) is 13.5. The SMILES string of the molecule is CN(CCc1cccs1)c1ccc([N+](=O)[O-])c(CBr)c1. The van der Waals surface area contributed by atoms with Crippen LogP contribution in [0.15, 0.2) is 35.7 Å². The molecule has 0 atom stereocenters. The summed E-state index contributed by atoms with van der Waals surface area (Å²) < 4.78 is 0. The van der Waals surface area contributed by atoms with Crippen LogP contribution in [0.1, 0.15) is 10.4 Å². The van der Waals surface area contributed by atoms with Crippen LogP contribution in [0.3, 0.4) is 0 Å². The Morgan fingerprint density at radius 1 is 1.40 bits per heavy atom. The van der Waals surface area contributed by atoms with E-state index in [4.69, 9.17) is 0 Å². The molecule has 0 saturated heterocycles. The molecule has 1 aromatic carbocycles. The van der Waals surface area contributed by atoms with E-state index in [0.717, 1.165) is 18.7 Å². The Kier molecular flexibility index (Phi) is 5.14. The normalized spacial score (nSPS) is 10.5. The van der Waals surface area contributed by atoms with Gasteiger partial charge in [0.2, 0.25) is 0 Å². The van der Waals surface area contributed by atoms with E-state index in [9.17, 15) is 10.1 Å². The lowest BCUT2D eigenvalue weighted by molar-refractivity contribution is -0.385. The lowest BCUT2D eigenvalue weighted by Crippen LogP contribution is -2.20. The number of halogens is 1. The average Bonchev–Trinajstić information content (AvgIpc) is 2.97. The molecule has 0 bridgehead atoms. The molecule has 0 fully saturated rings. The van der Waals surface area contributed by atoms with Crippen LogP contribution in [0.25, 0.3) is 0 Å². The molecule has 0 aliphatic rings. The van der Waals surface area contributed by atoms with E-state index < -0.39 is 0 Å². The van der Waals surface area contributed by atoms with Crippen molar-refractivity contribution in [1.82, 2.24) is 0 Å². The first-order valence-electron chi connectivity index (χ1n) is 6.18. The van der Waals surface area contributed by atoms with Crippen molar-refractivity contribution in [2.24, 2.45) is 0 Å². The summed E-state index contributed by atoms with van der Waals surface area (Å²) in [5.74, 6) is 0. The third kappa shape index (κ3) is 3.58. The van der Waals surface area contributed by atoms with Crippen LogP contribution >= 0.6 is 27.3 Å². The summed E-state index contributed by atoms with van der Waals surface area (Å²) in [6.45, 7) is 0.889. The Hall–Kier alpha value is -1.40. The molecule has 106 valence electrons. The second-order valence-electron chi connectivity index (χ2n) is 4.45. The van der Waals surface area contributed by atoms with E-state index in [-0.39, 0.29) is 10.6 Å². The molecule has 0 amide bonds. The largest absolute Gasteiger partial charge is 0.374 e. The van der Waals surface area contributed by atoms with Crippen molar-refractivity contribution in [3.8, 4) is 0 Å². The number of nitrogens with zero attached hydrogens (tertiary/aromatic N) is 2. The number of anilines is 1. The summed E-state index contributed by atoms with van der Waals surface area (Å²) in [4.78, 5) is 14.0. The van der Waals surface area contributed by atoms with Gasteiger partial charge in [0.25, 0.3) is 5.69 Å². The predicted molar refractivity (Wildman–Crippen MR) is 87.0 cm³/mol. The number of thiophene rings is 1. The van der Waals surface area contributed by atoms with Crippen LogP contribution in [0, 0.1) is 10.1 Å². The van der Waals surface area contributed by atoms with Crippen molar-refractivity contribution in [2.75, 3.05) is 18.5 Å². The maximum Gasteiger partial charge on any atom is 0.273 e. The van der Waals surface area contributed by atoms with Gasteiger partial charge in [-0.2, -0.15) is 0 Å². The van der Waals surface area contributed by atoms with Gasteiger partial charge in [0.15, 0.2) is 0 Å². The van der Waals surface area contributed by atoms with Crippen molar-refractivity contribution in [3.05, 3.63) is 56.3 Å². The highest BCUT2D eigenvalue weighted by molar-refractivity contribution is 9.08. The van der Waals surface area contributed by atoms with Crippen LogP contribution in [0.4, 0.5) is 11.4 Å². The minimum absolute atomic E-state index is 0.164. The highest BCUT2D eigenvalue weighted by Gasteiger charge is 2.14. The van der Waals surface area contributed by atoms with Gasteiger partial charge in [-0.3, -0.25) is 10.1 Å². The molecule has 0 aliphatic carbocycles. The van der Waals surface area contributed by atoms with Gasteiger partial charge in [-0.25, -0.2) is 0 Å². The number of hydrogen-bond donors (Lipinski definition) is 0. The summed E-state index contributed by atoms with van der Waals surface area (Å²) >= 11 is 5.06. The van der Waals surface area contributed by atoms with Gasteiger partial charge in [-0.05, 0) is 30.0 Å². The van der Waals surface area contributed by atoms with Gasteiger partial charge in [-0.1, -0.05) is 22.0 Å². The molecular weight excluding hydrogens is 340 g/mol. The molecule has 6 heteroatoms. The molecule has 4 nitrogen and oxygen atoms in total. The zero-order valence-electron chi connectivity index (χ0n) is 11.1. The third-order valence-electron chi connectivity index (χ3n) is 3.12. The summed E-state index contributed by atoms with van der Waals surface area (Å²) in [5.41, 5.74) is 1.87. The van der Waals surface area contributed by atoms with Gasteiger partial charge < -0.3 is 4.90 Å². The minimum atomic E-state index is -0.341. The monoisotopic (exact) mass is 354 g/mol. The second-order valence-corrected chi connectivity index (χ2v) is 6.05. The Morgan fingerprint density at radius 3 is 2.80 bits per heavy atom. The zero-order valence-corrected chi connectivity index (χ0v) is 13.5. The lowest BCUT2D eigenvalue weighted by Gasteiger charge is -2.19. The Balaban J connectivity index is 2.09. The van der Waals surface area contributed by atoms with Gasteiger partial charge >= 0.3 is 0 Å². The molecule has 2 aromatic rings. The smallest absolute Gasteiger partial charge is 0.273 e. The number of rotatable bonds is 6. The first-order valence-corrected chi connectivity index (χ1v) is 8.18. The number of benzene rings is 1. The van der Waals surface area contributed by atoms with Crippen molar-refractivity contribution >= 4 is 38.6 Å². The second kappa shape index (κ2) is 6.85. The average molecular weight is 355 g/mol. The molecule has 0 unspecified atom stereocenters. The number of hydrogen-bond acceptors (Lipinski definition) is 4. The van der Waals surface area contributed by atoms with E-state index in [0.29, 0.717) is 10.9 Å². The number of nitro groups is 1. The molecule has 0 saturated carbocycles. The quantitative estimate of drug-likeness (QED) is 0.443. The predicted octanol–water partition coefficient (Wildman–Crippen LogP) is 4.23. The van der Waals surface area contributed by atoms with Crippen molar-refractivity contribution in [3.63, 3.8) is 0 Å². The Bertz CT molecular complexity index is 587.